The van der Waals surface area contributed by atoms with Gasteiger partial charge < -0.3 is 14.6 Å². The molecule has 1 aromatic carbocycles. The van der Waals surface area contributed by atoms with E-state index in [1.165, 1.54) is 5.56 Å². The van der Waals surface area contributed by atoms with Crippen molar-refractivity contribution < 1.29 is 4.74 Å². The molecule has 114 valence electrons. The molecule has 0 fully saturated rings. The highest BCUT2D eigenvalue weighted by Crippen LogP contribution is 2.30. The van der Waals surface area contributed by atoms with Gasteiger partial charge in [0.1, 0.15) is 11.6 Å². The summed E-state index contributed by atoms with van der Waals surface area (Å²) < 4.78 is 8.48. The Kier molecular flexibility index (Phi) is 5.82. The summed E-state index contributed by atoms with van der Waals surface area (Å²) >= 11 is 3.56. The summed E-state index contributed by atoms with van der Waals surface area (Å²) in [5.74, 6) is 1.89. The van der Waals surface area contributed by atoms with Crippen molar-refractivity contribution in [1.29, 1.82) is 0 Å². The first-order valence-corrected chi connectivity index (χ1v) is 8.08. The summed E-state index contributed by atoms with van der Waals surface area (Å²) in [7, 11) is 1.68. The molecular weight excluding hydrogens is 330 g/mol. The third-order valence-electron chi connectivity index (χ3n) is 3.39. The first-order valence-electron chi connectivity index (χ1n) is 7.29. The van der Waals surface area contributed by atoms with Crippen LogP contribution in [0.25, 0.3) is 0 Å². The van der Waals surface area contributed by atoms with Crippen LogP contribution in [0.15, 0.2) is 35.1 Å². The van der Waals surface area contributed by atoms with Gasteiger partial charge in [0.2, 0.25) is 0 Å². The van der Waals surface area contributed by atoms with E-state index >= 15 is 0 Å². The minimum absolute atomic E-state index is 0.0822. The van der Waals surface area contributed by atoms with Gasteiger partial charge in [0.25, 0.3) is 0 Å². The first-order chi connectivity index (χ1) is 10.2. The Morgan fingerprint density at radius 2 is 2.19 bits per heavy atom. The van der Waals surface area contributed by atoms with Crippen LogP contribution in [0, 0.1) is 0 Å². The topological polar surface area (TPSA) is 39.1 Å². The van der Waals surface area contributed by atoms with E-state index in [1.807, 2.05) is 18.5 Å². The molecule has 1 aromatic heterocycles. The second-order valence-corrected chi connectivity index (χ2v) is 5.72. The lowest BCUT2D eigenvalue weighted by Gasteiger charge is -2.20. The van der Waals surface area contributed by atoms with E-state index in [0.29, 0.717) is 0 Å². The Balaban J connectivity index is 2.38. The van der Waals surface area contributed by atoms with Crippen LogP contribution in [-0.2, 0) is 6.54 Å². The van der Waals surface area contributed by atoms with Gasteiger partial charge in [-0.05, 0) is 46.6 Å². The van der Waals surface area contributed by atoms with Crippen LogP contribution >= 0.6 is 15.9 Å². The van der Waals surface area contributed by atoms with Crippen LogP contribution < -0.4 is 10.1 Å². The highest BCUT2D eigenvalue weighted by molar-refractivity contribution is 9.10. The summed E-state index contributed by atoms with van der Waals surface area (Å²) in [6.45, 7) is 6.15. The number of ether oxygens (including phenoxy) is 1. The fourth-order valence-electron chi connectivity index (χ4n) is 2.44. The average Bonchev–Trinajstić information content (AvgIpc) is 2.93. The van der Waals surface area contributed by atoms with Crippen molar-refractivity contribution >= 4 is 15.9 Å². The number of aryl methyl sites for hydroxylation is 1. The average molecular weight is 352 g/mol. The number of nitrogens with one attached hydrogen (secondary N) is 1. The van der Waals surface area contributed by atoms with Crippen LogP contribution in [0.5, 0.6) is 5.75 Å². The third kappa shape index (κ3) is 3.66. The standard InChI is InChI=1S/C16H22BrN3O/c1-4-9-20-10-8-19-16(20)15(18-5-2)12-6-7-14(21-3)13(17)11-12/h6-8,10-11,15,18H,4-5,9H2,1-3H3. The highest BCUT2D eigenvalue weighted by atomic mass is 79.9. The maximum Gasteiger partial charge on any atom is 0.133 e. The summed E-state index contributed by atoms with van der Waals surface area (Å²) in [5, 5.41) is 3.52. The van der Waals surface area contributed by atoms with Crippen molar-refractivity contribution in [3.05, 3.63) is 46.5 Å². The molecule has 0 aliphatic carbocycles. The molecule has 1 atom stereocenters. The molecule has 1 heterocycles. The molecule has 1 unspecified atom stereocenters. The minimum Gasteiger partial charge on any atom is -0.496 e. The Morgan fingerprint density at radius 1 is 1.38 bits per heavy atom. The smallest absolute Gasteiger partial charge is 0.133 e. The molecule has 0 saturated heterocycles. The van der Waals surface area contributed by atoms with Crippen LogP contribution in [0.2, 0.25) is 0 Å². The number of nitrogens with zero attached hydrogens (tertiary/aromatic N) is 2. The lowest BCUT2D eigenvalue weighted by atomic mass is 10.1. The summed E-state index contributed by atoms with van der Waals surface area (Å²) in [5.41, 5.74) is 1.17. The molecule has 0 bridgehead atoms. The number of benzene rings is 1. The number of hydrogen-bond donors (Lipinski definition) is 1. The van der Waals surface area contributed by atoms with Crippen molar-refractivity contribution in [2.75, 3.05) is 13.7 Å². The van der Waals surface area contributed by atoms with Gasteiger partial charge in [-0.1, -0.05) is 19.9 Å². The van der Waals surface area contributed by atoms with E-state index in [4.69, 9.17) is 4.74 Å². The zero-order valence-corrected chi connectivity index (χ0v) is 14.4. The molecule has 5 heteroatoms. The zero-order chi connectivity index (χ0) is 15.2. The van der Waals surface area contributed by atoms with Crippen molar-refractivity contribution in [3.8, 4) is 5.75 Å². The largest absolute Gasteiger partial charge is 0.496 e. The maximum absolute atomic E-state index is 5.30. The molecule has 0 radical (unpaired) electrons. The Hall–Kier alpha value is -1.33. The SMILES string of the molecule is CCCn1ccnc1C(NCC)c1ccc(OC)c(Br)c1. The number of aromatic nitrogens is 2. The molecule has 0 spiro atoms. The van der Waals surface area contributed by atoms with Gasteiger partial charge in [-0.2, -0.15) is 0 Å². The molecule has 2 aromatic rings. The van der Waals surface area contributed by atoms with Crippen LogP contribution in [0.3, 0.4) is 0 Å². The van der Waals surface area contributed by atoms with Crippen LogP contribution in [0.1, 0.15) is 37.7 Å². The van der Waals surface area contributed by atoms with Crippen molar-refractivity contribution in [2.24, 2.45) is 0 Å². The highest BCUT2D eigenvalue weighted by Gasteiger charge is 2.19. The van der Waals surface area contributed by atoms with Crippen molar-refractivity contribution in [3.63, 3.8) is 0 Å². The van der Waals surface area contributed by atoms with Crippen molar-refractivity contribution in [1.82, 2.24) is 14.9 Å². The van der Waals surface area contributed by atoms with Gasteiger partial charge in [0.05, 0.1) is 17.6 Å². The van der Waals surface area contributed by atoms with E-state index in [9.17, 15) is 0 Å². The van der Waals surface area contributed by atoms with Gasteiger partial charge in [-0.25, -0.2) is 4.98 Å². The first kappa shape index (κ1) is 16.0. The molecule has 0 aliphatic heterocycles. The van der Waals surface area contributed by atoms with E-state index in [0.717, 1.165) is 35.6 Å². The molecule has 1 N–H and O–H groups in total. The molecule has 0 aliphatic rings. The molecule has 0 amide bonds. The number of imidazole rings is 1. The maximum atomic E-state index is 5.30. The van der Waals surface area contributed by atoms with Gasteiger partial charge in [-0.15, -0.1) is 0 Å². The van der Waals surface area contributed by atoms with Gasteiger partial charge >= 0.3 is 0 Å². The second-order valence-electron chi connectivity index (χ2n) is 4.86. The lowest BCUT2D eigenvalue weighted by Crippen LogP contribution is -2.25. The van der Waals surface area contributed by atoms with E-state index in [1.54, 1.807) is 7.11 Å². The molecular formula is C16H22BrN3O. The lowest BCUT2D eigenvalue weighted by molar-refractivity contribution is 0.411. The minimum atomic E-state index is 0.0822. The van der Waals surface area contributed by atoms with Gasteiger partial charge in [0.15, 0.2) is 0 Å². The Bertz CT molecular complexity index is 583. The summed E-state index contributed by atoms with van der Waals surface area (Å²) in [4.78, 5) is 4.56. The molecule has 4 nitrogen and oxygen atoms in total. The van der Waals surface area contributed by atoms with E-state index < -0.39 is 0 Å². The van der Waals surface area contributed by atoms with Crippen molar-refractivity contribution in [2.45, 2.75) is 32.9 Å². The quantitative estimate of drug-likeness (QED) is 0.825. The fraction of sp³-hybridized carbons (Fsp3) is 0.438. The zero-order valence-electron chi connectivity index (χ0n) is 12.8. The summed E-state index contributed by atoms with van der Waals surface area (Å²) in [6, 6.07) is 6.24. The summed E-state index contributed by atoms with van der Waals surface area (Å²) in [6.07, 6.45) is 5.00. The van der Waals surface area contributed by atoms with Gasteiger partial charge in [0, 0.05) is 18.9 Å². The second kappa shape index (κ2) is 7.61. The molecule has 21 heavy (non-hydrogen) atoms. The normalized spacial score (nSPS) is 12.4. The number of methoxy groups -OCH3 is 1. The van der Waals surface area contributed by atoms with E-state index in [-0.39, 0.29) is 6.04 Å². The number of halogens is 1. The Morgan fingerprint density at radius 3 is 2.81 bits per heavy atom. The Labute approximate surface area is 134 Å². The third-order valence-corrected chi connectivity index (χ3v) is 4.01. The molecule has 0 saturated carbocycles. The van der Waals surface area contributed by atoms with Crippen LogP contribution in [0.4, 0.5) is 0 Å². The number of rotatable bonds is 7. The molecule has 2 rings (SSSR count). The fourth-order valence-corrected chi connectivity index (χ4v) is 2.99. The predicted octanol–water partition coefficient (Wildman–Crippen LogP) is 3.76. The van der Waals surface area contributed by atoms with Crippen LogP contribution in [-0.4, -0.2) is 23.2 Å². The predicted molar refractivity (Wildman–Crippen MR) is 88.7 cm³/mol. The monoisotopic (exact) mass is 351 g/mol. The number of hydrogen-bond acceptors (Lipinski definition) is 3. The van der Waals surface area contributed by atoms with Gasteiger partial charge in [-0.3, -0.25) is 0 Å². The van der Waals surface area contributed by atoms with E-state index in [2.05, 4.69) is 56.8 Å².